The fourth-order valence-electron chi connectivity index (χ4n) is 3.02. The van der Waals surface area contributed by atoms with E-state index in [1.54, 1.807) is 7.11 Å². The molecule has 1 aromatic rings. The molecule has 2 rings (SSSR count). The highest BCUT2D eigenvalue weighted by molar-refractivity contribution is 6.32. The Morgan fingerprint density at radius 3 is 2.72 bits per heavy atom. The van der Waals surface area contributed by atoms with E-state index in [1.165, 1.54) is 12.8 Å². The average molecular weight is 268 g/mol. The van der Waals surface area contributed by atoms with E-state index in [0.717, 1.165) is 12.0 Å². The minimum absolute atomic E-state index is 0.254. The molecule has 1 saturated carbocycles. The second-order valence-electron chi connectivity index (χ2n) is 5.68. The van der Waals surface area contributed by atoms with Gasteiger partial charge in [-0.05, 0) is 42.4 Å². The highest BCUT2D eigenvalue weighted by atomic mass is 35.5. The summed E-state index contributed by atoms with van der Waals surface area (Å²) >= 11 is 6.08. The van der Waals surface area contributed by atoms with Crippen LogP contribution < -0.4 is 10.5 Å². The van der Waals surface area contributed by atoms with Gasteiger partial charge in [-0.25, -0.2) is 0 Å². The molecular formula is C15H22ClNO. The highest BCUT2D eigenvalue weighted by Crippen LogP contribution is 2.43. The van der Waals surface area contributed by atoms with Gasteiger partial charge in [0.25, 0.3) is 0 Å². The maximum absolute atomic E-state index is 6.69. The van der Waals surface area contributed by atoms with E-state index in [1.807, 2.05) is 18.2 Å². The molecule has 0 amide bonds. The summed E-state index contributed by atoms with van der Waals surface area (Å²) in [6.07, 6.45) is 3.48. The first kappa shape index (κ1) is 13.7. The maximum Gasteiger partial charge on any atom is 0.137 e. The number of ether oxygens (including phenoxy) is 1. The van der Waals surface area contributed by atoms with Crippen molar-refractivity contribution in [2.45, 2.75) is 38.6 Å². The lowest BCUT2D eigenvalue weighted by molar-refractivity contribution is 0.161. The Morgan fingerprint density at radius 1 is 1.33 bits per heavy atom. The van der Waals surface area contributed by atoms with E-state index in [2.05, 4.69) is 13.8 Å². The Morgan fingerprint density at radius 2 is 2.06 bits per heavy atom. The van der Waals surface area contributed by atoms with Gasteiger partial charge in [0.1, 0.15) is 5.75 Å². The summed E-state index contributed by atoms with van der Waals surface area (Å²) in [5, 5.41) is 0.640. The van der Waals surface area contributed by atoms with Crippen LogP contribution in [0.15, 0.2) is 18.2 Å². The second-order valence-corrected chi connectivity index (χ2v) is 6.08. The minimum Gasteiger partial charge on any atom is -0.495 e. The third-order valence-corrected chi connectivity index (χ3v) is 4.66. The molecule has 1 fully saturated rings. The van der Waals surface area contributed by atoms with Crippen molar-refractivity contribution in [3.8, 4) is 5.75 Å². The normalized spacial score (nSPS) is 32.3. The van der Waals surface area contributed by atoms with Crippen LogP contribution in [-0.2, 0) is 5.54 Å². The van der Waals surface area contributed by atoms with Crippen molar-refractivity contribution in [3.63, 3.8) is 0 Å². The lowest BCUT2D eigenvalue weighted by Gasteiger charge is -2.43. The lowest BCUT2D eigenvalue weighted by Crippen LogP contribution is -2.47. The van der Waals surface area contributed by atoms with Crippen molar-refractivity contribution in [3.05, 3.63) is 28.8 Å². The lowest BCUT2D eigenvalue weighted by atomic mass is 9.67. The zero-order valence-corrected chi connectivity index (χ0v) is 12.1. The Balaban J connectivity index is 2.39. The van der Waals surface area contributed by atoms with Gasteiger partial charge in [-0.15, -0.1) is 0 Å². The first-order valence-electron chi connectivity index (χ1n) is 6.60. The van der Waals surface area contributed by atoms with Gasteiger partial charge in [0, 0.05) is 5.54 Å². The van der Waals surface area contributed by atoms with Crippen LogP contribution in [0.3, 0.4) is 0 Å². The van der Waals surface area contributed by atoms with Gasteiger partial charge in [-0.3, -0.25) is 0 Å². The SMILES string of the molecule is COc1cc(C2(N)CC(C)CCC2C)ccc1Cl. The van der Waals surface area contributed by atoms with Crippen molar-refractivity contribution >= 4 is 11.6 Å². The van der Waals surface area contributed by atoms with E-state index < -0.39 is 0 Å². The minimum atomic E-state index is -0.254. The van der Waals surface area contributed by atoms with Crippen LogP contribution in [0, 0.1) is 11.8 Å². The molecule has 0 heterocycles. The Bertz CT molecular complexity index is 435. The molecule has 0 radical (unpaired) electrons. The Hall–Kier alpha value is -0.730. The van der Waals surface area contributed by atoms with Crippen molar-refractivity contribution in [2.24, 2.45) is 17.6 Å². The number of benzene rings is 1. The maximum atomic E-state index is 6.69. The smallest absolute Gasteiger partial charge is 0.137 e. The van der Waals surface area contributed by atoms with Gasteiger partial charge in [-0.2, -0.15) is 0 Å². The monoisotopic (exact) mass is 267 g/mol. The van der Waals surface area contributed by atoms with Crippen LogP contribution in [-0.4, -0.2) is 7.11 Å². The van der Waals surface area contributed by atoms with E-state index in [-0.39, 0.29) is 5.54 Å². The molecule has 0 aromatic heterocycles. The van der Waals surface area contributed by atoms with Crippen LogP contribution in [0.4, 0.5) is 0 Å². The first-order valence-corrected chi connectivity index (χ1v) is 6.98. The zero-order chi connectivity index (χ0) is 13.3. The largest absolute Gasteiger partial charge is 0.495 e. The number of halogens is 1. The summed E-state index contributed by atoms with van der Waals surface area (Å²) in [6.45, 7) is 4.52. The second kappa shape index (κ2) is 5.10. The molecule has 0 saturated heterocycles. The molecule has 2 N–H and O–H groups in total. The van der Waals surface area contributed by atoms with E-state index >= 15 is 0 Å². The van der Waals surface area contributed by atoms with Crippen LogP contribution in [0.2, 0.25) is 5.02 Å². The summed E-state index contributed by atoms with van der Waals surface area (Å²) < 4.78 is 5.30. The quantitative estimate of drug-likeness (QED) is 0.880. The van der Waals surface area contributed by atoms with Crippen LogP contribution in [0.25, 0.3) is 0 Å². The molecule has 1 aromatic carbocycles. The molecule has 0 bridgehead atoms. The van der Waals surface area contributed by atoms with Gasteiger partial charge in [0.2, 0.25) is 0 Å². The fourth-order valence-corrected chi connectivity index (χ4v) is 3.22. The van der Waals surface area contributed by atoms with Crippen LogP contribution >= 0.6 is 11.6 Å². The van der Waals surface area contributed by atoms with Gasteiger partial charge >= 0.3 is 0 Å². The molecular weight excluding hydrogens is 246 g/mol. The average Bonchev–Trinajstić information content (AvgIpc) is 2.34. The molecule has 3 atom stereocenters. The van der Waals surface area contributed by atoms with E-state index in [0.29, 0.717) is 22.6 Å². The molecule has 1 aliphatic rings. The fraction of sp³-hybridized carbons (Fsp3) is 0.600. The first-order chi connectivity index (χ1) is 8.47. The van der Waals surface area contributed by atoms with Gasteiger partial charge in [0.05, 0.1) is 12.1 Å². The predicted molar refractivity (Wildman–Crippen MR) is 76.0 cm³/mol. The van der Waals surface area contributed by atoms with Gasteiger partial charge in [0.15, 0.2) is 0 Å². The molecule has 0 aliphatic heterocycles. The van der Waals surface area contributed by atoms with Crippen molar-refractivity contribution in [1.29, 1.82) is 0 Å². The topological polar surface area (TPSA) is 35.2 Å². The summed E-state index contributed by atoms with van der Waals surface area (Å²) in [5.41, 5.74) is 7.58. The zero-order valence-electron chi connectivity index (χ0n) is 11.4. The number of nitrogens with two attached hydrogens (primary N) is 1. The van der Waals surface area contributed by atoms with E-state index in [4.69, 9.17) is 22.1 Å². The standard InChI is InChI=1S/C15H22ClNO/c1-10-4-5-11(2)15(17,9-10)12-6-7-13(16)14(8-12)18-3/h6-8,10-11H,4-5,9,17H2,1-3H3. The summed E-state index contributed by atoms with van der Waals surface area (Å²) in [5.74, 6) is 1.87. The van der Waals surface area contributed by atoms with Crippen molar-refractivity contribution < 1.29 is 4.74 Å². The molecule has 3 unspecified atom stereocenters. The molecule has 100 valence electrons. The third kappa shape index (κ3) is 2.36. The molecule has 1 aliphatic carbocycles. The number of hydrogen-bond acceptors (Lipinski definition) is 2. The molecule has 18 heavy (non-hydrogen) atoms. The molecule has 0 spiro atoms. The molecule has 3 heteroatoms. The summed E-state index contributed by atoms with van der Waals surface area (Å²) in [7, 11) is 1.64. The van der Waals surface area contributed by atoms with Crippen LogP contribution in [0.5, 0.6) is 5.75 Å². The predicted octanol–water partition coefficient (Wildman–Crippen LogP) is 3.96. The summed E-state index contributed by atoms with van der Waals surface area (Å²) in [4.78, 5) is 0. The summed E-state index contributed by atoms with van der Waals surface area (Å²) in [6, 6.07) is 5.92. The van der Waals surface area contributed by atoms with E-state index in [9.17, 15) is 0 Å². The third-order valence-electron chi connectivity index (χ3n) is 4.35. The molecule has 2 nitrogen and oxygen atoms in total. The van der Waals surface area contributed by atoms with Crippen molar-refractivity contribution in [2.75, 3.05) is 7.11 Å². The Labute approximate surface area is 114 Å². The number of rotatable bonds is 2. The van der Waals surface area contributed by atoms with Gasteiger partial charge < -0.3 is 10.5 Å². The van der Waals surface area contributed by atoms with Gasteiger partial charge in [-0.1, -0.05) is 37.9 Å². The van der Waals surface area contributed by atoms with Crippen molar-refractivity contribution in [1.82, 2.24) is 0 Å². The number of hydrogen-bond donors (Lipinski definition) is 1. The van der Waals surface area contributed by atoms with Crippen LogP contribution in [0.1, 0.15) is 38.7 Å². The number of methoxy groups -OCH3 is 1. The Kier molecular flexibility index (Phi) is 3.88. The highest BCUT2D eigenvalue weighted by Gasteiger charge is 2.38.